The first-order valence-corrected chi connectivity index (χ1v) is 5.35. The third-order valence-corrected chi connectivity index (χ3v) is 4.36. The van der Waals surface area contributed by atoms with Gasteiger partial charge in [0.15, 0.2) is 0 Å². The van der Waals surface area contributed by atoms with E-state index < -0.39 is 28.7 Å². The van der Waals surface area contributed by atoms with Crippen molar-refractivity contribution in [3.05, 3.63) is 0 Å². The summed E-state index contributed by atoms with van der Waals surface area (Å²) in [5.41, 5.74) is -1.93. The fraction of sp³-hybridized carbons (Fsp3) is 0.800. The van der Waals surface area contributed by atoms with Crippen LogP contribution in [0.5, 0.6) is 0 Å². The monoisotopic (exact) mass is 234 g/mol. The van der Waals surface area contributed by atoms with Crippen LogP contribution in [-0.2, 0) is 9.59 Å². The Morgan fingerprint density at radius 3 is 2.13 bits per heavy atom. The molecule has 1 rings (SSSR count). The van der Waals surface area contributed by atoms with Crippen molar-refractivity contribution in [1.82, 2.24) is 0 Å². The first kappa shape index (κ1) is 12.3. The molecule has 0 bridgehead atoms. The fourth-order valence-corrected chi connectivity index (χ4v) is 3.11. The Labute approximate surface area is 93.2 Å². The molecule has 0 spiro atoms. The summed E-state index contributed by atoms with van der Waals surface area (Å²) in [6, 6.07) is 0. The Kier molecular flexibility index (Phi) is 3.01. The Hall–Kier alpha value is -0.770. The zero-order chi connectivity index (χ0) is 11.9. The minimum atomic E-state index is -1.11. The number of carbonyl (C=O) groups is 2. The van der Waals surface area contributed by atoms with Crippen molar-refractivity contribution < 1.29 is 19.8 Å². The van der Waals surface area contributed by atoms with Crippen LogP contribution in [0.4, 0.5) is 0 Å². The van der Waals surface area contributed by atoms with Crippen molar-refractivity contribution in [2.24, 2.45) is 16.7 Å². The maximum absolute atomic E-state index is 11.3. The number of rotatable bonds is 3. The average Bonchev–Trinajstić information content (AvgIpc) is 2.37. The van der Waals surface area contributed by atoms with Crippen LogP contribution in [0.1, 0.15) is 26.7 Å². The van der Waals surface area contributed by atoms with Crippen LogP contribution >= 0.6 is 11.6 Å². The number of aliphatic carboxylic acids is 2. The molecule has 2 atom stereocenters. The van der Waals surface area contributed by atoms with Gasteiger partial charge in [0.25, 0.3) is 0 Å². The van der Waals surface area contributed by atoms with E-state index in [9.17, 15) is 14.7 Å². The number of halogens is 1. The van der Waals surface area contributed by atoms with Gasteiger partial charge in [0.2, 0.25) is 0 Å². The van der Waals surface area contributed by atoms with Gasteiger partial charge in [-0.3, -0.25) is 9.59 Å². The molecule has 1 saturated carbocycles. The van der Waals surface area contributed by atoms with Crippen LogP contribution in [-0.4, -0.2) is 28.0 Å². The van der Waals surface area contributed by atoms with E-state index >= 15 is 0 Å². The summed E-state index contributed by atoms with van der Waals surface area (Å²) in [6.07, 6.45) is 0.706. The number of alkyl halides is 1. The lowest BCUT2D eigenvalue weighted by molar-refractivity contribution is -0.157. The zero-order valence-electron chi connectivity index (χ0n) is 8.79. The Balaban J connectivity index is 3.15. The van der Waals surface area contributed by atoms with Crippen molar-refractivity contribution in [2.75, 3.05) is 5.88 Å². The molecule has 0 aromatic rings. The molecule has 15 heavy (non-hydrogen) atoms. The number of carboxylic acids is 2. The average molecular weight is 235 g/mol. The summed E-state index contributed by atoms with van der Waals surface area (Å²) >= 11 is 5.74. The maximum atomic E-state index is 11.3. The standard InChI is InChI=1S/C10H15ClO4/c1-9(2)6(7(12)13)3-4-10(9,5-11)8(14)15/h6H,3-5H2,1-2H3,(H,12,13)(H,14,15). The van der Waals surface area contributed by atoms with Gasteiger partial charge in [-0.1, -0.05) is 13.8 Å². The summed E-state index contributed by atoms with van der Waals surface area (Å²) < 4.78 is 0. The molecule has 1 aliphatic carbocycles. The molecule has 4 nitrogen and oxygen atoms in total. The molecule has 0 amide bonds. The maximum Gasteiger partial charge on any atom is 0.311 e. The van der Waals surface area contributed by atoms with Gasteiger partial charge in [-0.15, -0.1) is 11.6 Å². The largest absolute Gasteiger partial charge is 0.481 e. The highest BCUT2D eigenvalue weighted by Gasteiger charge is 2.60. The van der Waals surface area contributed by atoms with Crippen LogP contribution < -0.4 is 0 Å². The van der Waals surface area contributed by atoms with Crippen molar-refractivity contribution in [2.45, 2.75) is 26.7 Å². The van der Waals surface area contributed by atoms with Gasteiger partial charge in [0, 0.05) is 5.88 Å². The molecular weight excluding hydrogens is 220 g/mol. The molecule has 0 saturated heterocycles. The highest BCUT2D eigenvalue weighted by atomic mass is 35.5. The van der Waals surface area contributed by atoms with Crippen LogP contribution in [0.3, 0.4) is 0 Å². The van der Waals surface area contributed by atoms with Gasteiger partial charge in [-0.2, -0.15) is 0 Å². The zero-order valence-corrected chi connectivity index (χ0v) is 9.54. The second kappa shape index (κ2) is 3.67. The number of hydrogen-bond acceptors (Lipinski definition) is 2. The van der Waals surface area contributed by atoms with E-state index in [1.165, 1.54) is 0 Å². The van der Waals surface area contributed by atoms with Crippen molar-refractivity contribution in [3.63, 3.8) is 0 Å². The van der Waals surface area contributed by atoms with Crippen LogP contribution in [0.25, 0.3) is 0 Å². The van der Waals surface area contributed by atoms with Gasteiger partial charge in [-0.25, -0.2) is 0 Å². The molecule has 0 radical (unpaired) electrons. The van der Waals surface area contributed by atoms with E-state index in [0.29, 0.717) is 12.8 Å². The molecule has 2 unspecified atom stereocenters. The molecule has 1 fully saturated rings. The molecule has 0 aliphatic heterocycles. The van der Waals surface area contributed by atoms with Gasteiger partial charge in [0.1, 0.15) is 0 Å². The van der Waals surface area contributed by atoms with Crippen molar-refractivity contribution in [1.29, 1.82) is 0 Å². The summed E-state index contributed by atoms with van der Waals surface area (Å²) in [6.45, 7) is 3.35. The smallest absolute Gasteiger partial charge is 0.311 e. The first-order chi connectivity index (χ1) is 6.79. The van der Waals surface area contributed by atoms with E-state index in [4.69, 9.17) is 16.7 Å². The molecular formula is C10H15ClO4. The lowest BCUT2D eigenvalue weighted by atomic mass is 9.65. The SMILES string of the molecule is CC1(C)C(C(=O)O)CCC1(CCl)C(=O)O. The quantitative estimate of drug-likeness (QED) is 0.731. The first-order valence-electron chi connectivity index (χ1n) is 4.82. The molecule has 0 aromatic heterocycles. The normalized spacial score (nSPS) is 33.9. The van der Waals surface area contributed by atoms with Crippen LogP contribution in [0, 0.1) is 16.7 Å². The van der Waals surface area contributed by atoms with Gasteiger partial charge in [-0.05, 0) is 18.3 Å². The molecule has 0 heterocycles. The van der Waals surface area contributed by atoms with E-state index in [-0.39, 0.29) is 5.88 Å². The highest BCUT2D eigenvalue weighted by molar-refractivity contribution is 6.19. The Bertz CT molecular complexity index is 300. The molecule has 86 valence electrons. The lowest BCUT2D eigenvalue weighted by Crippen LogP contribution is -2.46. The van der Waals surface area contributed by atoms with E-state index in [0.717, 1.165) is 0 Å². The van der Waals surface area contributed by atoms with Crippen LogP contribution in [0.15, 0.2) is 0 Å². The van der Waals surface area contributed by atoms with Crippen molar-refractivity contribution >= 4 is 23.5 Å². The second-order valence-electron chi connectivity index (χ2n) is 4.67. The predicted molar refractivity (Wildman–Crippen MR) is 54.9 cm³/mol. The topological polar surface area (TPSA) is 74.6 Å². The minimum absolute atomic E-state index is 0.0425. The molecule has 1 aliphatic rings. The van der Waals surface area contributed by atoms with Gasteiger partial charge in [0.05, 0.1) is 11.3 Å². The number of hydrogen-bond donors (Lipinski definition) is 2. The van der Waals surface area contributed by atoms with Gasteiger partial charge < -0.3 is 10.2 Å². The fourth-order valence-electron chi connectivity index (χ4n) is 2.52. The lowest BCUT2D eigenvalue weighted by Gasteiger charge is -2.38. The Morgan fingerprint density at radius 1 is 1.40 bits per heavy atom. The third-order valence-electron chi connectivity index (χ3n) is 3.90. The highest BCUT2D eigenvalue weighted by Crippen LogP contribution is 2.56. The van der Waals surface area contributed by atoms with E-state index in [2.05, 4.69) is 0 Å². The number of carboxylic acid groups (broad SMARTS) is 2. The summed E-state index contributed by atoms with van der Waals surface area (Å²) in [5.74, 6) is -2.61. The predicted octanol–water partition coefficient (Wildman–Crippen LogP) is 1.82. The summed E-state index contributed by atoms with van der Waals surface area (Å²) in [5, 5.41) is 18.2. The molecule has 5 heteroatoms. The summed E-state index contributed by atoms with van der Waals surface area (Å²) in [7, 11) is 0. The summed E-state index contributed by atoms with van der Waals surface area (Å²) in [4.78, 5) is 22.3. The van der Waals surface area contributed by atoms with E-state index in [1.54, 1.807) is 13.8 Å². The molecule has 2 N–H and O–H groups in total. The third kappa shape index (κ3) is 1.51. The minimum Gasteiger partial charge on any atom is -0.481 e. The Morgan fingerprint density at radius 2 is 1.93 bits per heavy atom. The van der Waals surface area contributed by atoms with Gasteiger partial charge >= 0.3 is 11.9 Å². The second-order valence-corrected chi connectivity index (χ2v) is 4.94. The molecule has 0 aromatic carbocycles. The van der Waals surface area contributed by atoms with E-state index in [1.807, 2.05) is 0 Å². The van der Waals surface area contributed by atoms with Crippen molar-refractivity contribution in [3.8, 4) is 0 Å². The van der Waals surface area contributed by atoms with Crippen LogP contribution in [0.2, 0.25) is 0 Å².